The Morgan fingerprint density at radius 2 is 1.31 bits per heavy atom. The van der Waals surface area contributed by atoms with Gasteiger partial charge in [0.05, 0.1) is 29.6 Å². The molecule has 3 aromatic carbocycles. The van der Waals surface area contributed by atoms with Crippen LogP contribution in [0.15, 0.2) is 46.2 Å². The molecule has 3 aromatic rings. The molecule has 0 bridgehead atoms. The molecule has 0 saturated carbocycles. The van der Waals surface area contributed by atoms with Gasteiger partial charge in [-0.3, -0.25) is 13.9 Å². The van der Waals surface area contributed by atoms with Gasteiger partial charge in [0.25, 0.3) is 5.91 Å². The first-order valence-electron chi connectivity index (χ1n) is 17.6. The van der Waals surface area contributed by atoms with E-state index >= 15 is 13.2 Å². The van der Waals surface area contributed by atoms with Gasteiger partial charge in [-0.25, -0.2) is 18.0 Å². The van der Waals surface area contributed by atoms with Crippen LogP contribution in [0.4, 0.5) is 24.5 Å². The summed E-state index contributed by atoms with van der Waals surface area (Å²) in [6, 6.07) is 9.61. The molecule has 3 aliphatic rings. The number of amides is 1. The average Bonchev–Trinajstić information content (AvgIpc) is 3.06. The monoisotopic (exact) mass is 765 g/mol. The van der Waals surface area contributed by atoms with Crippen LogP contribution in [0.3, 0.4) is 0 Å². The maximum atomic E-state index is 16.8. The molecule has 0 radical (unpaired) electrons. The molecule has 0 aliphatic carbocycles. The lowest BCUT2D eigenvalue weighted by molar-refractivity contribution is 0.0468. The number of halogens is 4. The van der Waals surface area contributed by atoms with E-state index in [-0.39, 0.29) is 40.7 Å². The molecular weight excluding hydrogens is 723 g/mol. The number of carbonyl (C=O) groups is 2. The number of alkyl halides is 1. The van der Waals surface area contributed by atoms with Crippen LogP contribution in [0.25, 0.3) is 0 Å². The minimum absolute atomic E-state index is 0.0223. The van der Waals surface area contributed by atoms with E-state index in [0.29, 0.717) is 30.5 Å². The predicted molar refractivity (Wildman–Crippen MR) is 193 cm³/mol. The summed E-state index contributed by atoms with van der Waals surface area (Å²) in [6.07, 6.45) is 5.78. The van der Waals surface area contributed by atoms with Gasteiger partial charge in [0.1, 0.15) is 16.9 Å². The van der Waals surface area contributed by atoms with Crippen LogP contribution < -0.4 is 15.1 Å². The first-order valence-corrected chi connectivity index (χ1v) is 19.6. The summed E-state index contributed by atoms with van der Waals surface area (Å²) in [7, 11) is -3.74. The Kier molecular flexibility index (Phi) is 12.2. The second-order valence-corrected chi connectivity index (χ2v) is 15.5. The summed E-state index contributed by atoms with van der Waals surface area (Å²) in [4.78, 5) is 29.9. The lowest BCUT2D eigenvalue weighted by Gasteiger charge is -2.45. The third-order valence-corrected chi connectivity index (χ3v) is 12.0. The number of nitrogens with one attached hydrogen (secondary N) is 1. The molecule has 0 spiro atoms. The van der Waals surface area contributed by atoms with Crippen molar-refractivity contribution in [2.24, 2.45) is 0 Å². The highest BCUT2D eigenvalue weighted by atomic mass is 35.5. The number of hydrogen-bond acceptors (Lipinski definition) is 8. The standard InChI is InChI=1S/C37H43ClF3N3O7S/c38-11-3-1-2-4-17-50-19-20-51-18-12-42-36(45)32-33(39)30(31(37(46)47)34(40)35(32)41)29-25-9-7-23(43-13-5-14-43)21-27(25)52(48,49)28-22-24(8-10-26(28)29)44-15-6-16-44/h7-10,21-22,29,48-49H,1-6,11-20H2,(H,42,45)(H,46,47). The van der Waals surface area contributed by atoms with E-state index in [1.54, 1.807) is 24.3 Å². The van der Waals surface area contributed by atoms with Crippen LogP contribution in [0, 0.1) is 17.5 Å². The number of nitrogens with zero attached hydrogens (tertiary/aromatic N) is 2. The van der Waals surface area contributed by atoms with Crippen LogP contribution in [0.2, 0.25) is 0 Å². The molecule has 2 fully saturated rings. The van der Waals surface area contributed by atoms with Gasteiger partial charge >= 0.3 is 5.97 Å². The molecule has 10 nitrogen and oxygen atoms in total. The van der Waals surface area contributed by atoms with Gasteiger partial charge in [-0.2, -0.15) is 0 Å². The van der Waals surface area contributed by atoms with Crippen molar-refractivity contribution in [2.75, 3.05) is 74.8 Å². The molecule has 0 aromatic heterocycles. The topological polar surface area (TPSA) is 132 Å². The van der Waals surface area contributed by atoms with Crippen molar-refractivity contribution < 1.29 is 46.4 Å². The number of aromatic carboxylic acids is 1. The Bertz CT molecular complexity index is 1740. The number of unbranched alkanes of at least 4 members (excludes halogenated alkanes) is 3. The molecule has 3 heterocycles. The van der Waals surface area contributed by atoms with E-state index in [4.69, 9.17) is 21.1 Å². The van der Waals surface area contributed by atoms with E-state index in [1.165, 1.54) is 12.1 Å². The van der Waals surface area contributed by atoms with Gasteiger partial charge in [-0.1, -0.05) is 25.0 Å². The molecule has 0 unspecified atom stereocenters. The van der Waals surface area contributed by atoms with Crippen molar-refractivity contribution in [3.63, 3.8) is 0 Å². The predicted octanol–water partition coefficient (Wildman–Crippen LogP) is 7.45. The maximum absolute atomic E-state index is 16.8. The number of fused-ring (bicyclic) bond motifs is 2. The summed E-state index contributed by atoms with van der Waals surface area (Å²) >= 11 is 5.67. The fourth-order valence-corrected chi connectivity index (χ4v) is 8.84. The Morgan fingerprint density at radius 1 is 0.769 bits per heavy atom. The summed E-state index contributed by atoms with van der Waals surface area (Å²) < 4.78 is 82.8. The van der Waals surface area contributed by atoms with Gasteiger partial charge in [0.15, 0.2) is 11.6 Å². The zero-order valence-corrected chi connectivity index (χ0v) is 30.2. The lowest BCUT2D eigenvalue weighted by Crippen LogP contribution is -2.37. The third kappa shape index (κ3) is 7.60. The fraction of sp³-hybridized carbons (Fsp3) is 0.459. The molecule has 2 saturated heterocycles. The SMILES string of the molecule is O=C(NCCOCCOCCCCCCCl)c1c(F)c(F)c(C(=O)O)c(C2c3ccc(N4CCC4)cc3S(O)(O)c3cc(N4CCC4)ccc32)c1F. The molecule has 0 atom stereocenters. The Labute approximate surface area is 307 Å². The van der Waals surface area contributed by atoms with E-state index in [2.05, 4.69) is 5.32 Å². The molecule has 1 amide bonds. The highest BCUT2D eigenvalue weighted by Gasteiger charge is 2.43. The van der Waals surface area contributed by atoms with Gasteiger partial charge in [0, 0.05) is 68.1 Å². The number of carbonyl (C=O) groups excluding carboxylic acids is 1. The second kappa shape index (κ2) is 16.6. The zero-order chi connectivity index (χ0) is 37.0. The van der Waals surface area contributed by atoms with E-state index in [0.717, 1.165) is 64.7 Å². The number of carboxylic acid groups (broad SMARTS) is 1. The maximum Gasteiger partial charge on any atom is 0.339 e. The number of benzene rings is 3. The minimum atomic E-state index is -3.74. The highest BCUT2D eigenvalue weighted by Crippen LogP contribution is 2.66. The van der Waals surface area contributed by atoms with Crippen molar-refractivity contribution >= 4 is 45.4 Å². The average molecular weight is 766 g/mol. The highest BCUT2D eigenvalue weighted by molar-refractivity contribution is 8.24. The van der Waals surface area contributed by atoms with Crippen LogP contribution in [0.5, 0.6) is 0 Å². The van der Waals surface area contributed by atoms with Gasteiger partial charge in [-0.15, -0.1) is 22.2 Å². The smallest absolute Gasteiger partial charge is 0.339 e. The molecule has 52 heavy (non-hydrogen) atoms. The van der Waals surface area contributed by atoms with E-state index in [9.17, 15) is 23.8 Å². The Hall–Kier alpha value is -3.53. The molecule has 6 rings (SSSR count). The van der Waals surface area contributed by atoms with Gasteiger partial charge in [0.2, 0.25) is 0 Å². The third-order valence-electron chi connectivity index (χ3n) is 9.83. The molecule has 4 N–H and O–H groups in total. The van der Waals surface area contributed by atoms with Crippen LogP contribution in [0.1, 0.15) is 81.8 Å². The number of anilines is 2. The number of rotatable bonds is 17. The quantitative estimate of drug-likeness (QED) is 0.0629. The molecule has 3 aliphatic heterocycles. The summed E-state index contributed by atoms with van der Waals surface area (Å²) in [6.45, 7) is 3.84. The van der Waals surface area contributed by atoms with Crippen molar-refractivity contribution in [2.45, 2.75) is 54.2 Å². The summed E-state index contributed by atoms with van der Waals surface area (Å²) in [5.74, 6) is -9.46. The number of hydrogen-bond donors (Lipinski definition) is 4. The molecule has 15 heteroatoms. The molecular formula is C37H43ClF3N3O7S. The van der Waals surface area contributed by atoms with Crippen LogP contribution in [-0.2, 0) is 9.47 Å². The Balaban J connectivity index is 1.31. The normalized spacial score (nSPS) is 16.8. The van der Waals surface area contributed by atoms with Gasteiger partial charge < -0.3 is 29.7 Å². The van der Waals surface area contributed by atoms with Crippen molar-refractivity contribution in [1.82, 2.24) is 5.32 Å². The lowest BCUT2D eigenvalue weighted by atomic mass is 9.80. The van der Waals surface area contributed by atoms with Crippen molar-refractivity contribution in [3.8, 4) is 0 Å². The van der Waals surface area contributed by atoms with Crippen LogP contribution in [-0.4, -0.2) is 91.1 Å². The Morgan fingerprint density at radius 3 is 1.83 bits per heavy atom. The largest absolute Gasteiger partial charge is 0.478 e. The fourth-order valence-electron chi connectivity index (χ4n) is 6.81. The minimum Gasteiger partial charge on any atom is -0.478 e. The van der Waals surface area contributed by atoms with Crippen molar-refractivity contribution in [3.05, 3.63) is 81.7 Å². The molecule has 282 valence electrons. The van der Waals surface area contributed by atoms with E-state index < -0.39 is 62.5 Å². The first-order chi connectivity index (χ1) is 25.1. The van der Waals surface area contributed by atoms with Crippen LogP contribution >= 0.6 is 22.2 Å². The van der Waals surface area contributed by atoms with Gasteiger partial charge in [-0.05, 0) is 61.1 Å². The summed E-state index contributed by atoms with van der Waals surface area (Å²) in [5.41, 5.74) is -1.78. The second-order valence-electron chi connectivity index (χ2n) is 13.1. The van der Waals surface area contributed by atoms with E-state index in [1.807, 2.05) is 9.80 Å². The zero-order valence-electron chi connectivity index (χ0n) is 28.6. The number of carboxylic acids is 1. The van der Waals surface area contributed by atoms with Crippen molar-refractivity contribution in [1.29, 1.82) is 0 Å². The first kappa shape index (κ1) is 38.2. The number of ether oxygens (including phenoxy) is 2. The summed E-state index contributed by atoms with van der Waals surface area (Å²) in [5, 5.41) is 12.5.